The van der Waals surface area contributed by atoms with Crippen LogP contribution in [-0.4, -0.2) is 66.6 Å². The van der Waals surface area contributed by atoms with Crippen molar-refractivity contribution in [3.8, 4) is 11.4 Å². The van der Waals surface area contributed by atoms with Crippen LogP contribution in [0.5, 0.6) is 0 Å². The zero-order chi connectivity index (χ0) is 23.2. The summed E-state index contributed by atoms with van der Waals surface area (Å²) in [6.07, 6.45) is -1.32. The van der Waals surface area contributed by atoms with Gasteiger partial charge in [-0.3, -0.25) is 4.98 Å². The molecule has 9 nitrogen and oxygen atoms in total. The number of aromatic nitrogens is 6. The highest BCUT2D eigenvalue weighted by Gasteiger charge is 2.38. The smallest absolute Gasteiger partial charge is 0.382 e. The Bertz CT molecular complexity index is 1170. The summed E-state index contributed by atoms with van der Waals surface area (Å²) in [7, 11) is 0. The molecule has 0 saturated carbocycles. The van der Waals surface area contributed by atoms with Crippen molar-refractivity contribution in [2.75, 3.05) is 29.9 Å². The molecule has 176 valence electrons. The highest BCUT2D eigenvalue weighted by atomic mass is 19.4. The van der Waals surface area contributed by atoms with Gasteiger partial charge < -0.3 is 15.3 Å². The average molecular weight is 462 g/mol. The Morgan fingerprint density at radius 2 is 1.73 bits per heavy atom. The van der Waals surface area contributed by atoms with E-state index in [4.69, 9.17) is 9.97 Å². The normalized spacial score (nSPS) is 17.4. The Morgan fingerprint density at radius 3 is 2.42 bits per heavy atom. The van der Waals surface area contributed by atoms with E-state index in [1.165, 1.54) is 4.52 Å². The van der Waals surface area contributed by atoms with E-state index < -0.39 is 18.8 Å². The van der Waals surface area contributed by atoms with Gasteiger partial charge in [-0.1, -0.05) is 0 Å². The van der Waals surface area contributed by atoms with Crippen LogP contribution < -0.4 is 10.2 Å². The minimum Gasteiger partial charge on any atom is -0.382 e. The van der Waals surface area contributed by atoms with Gasteiger partial charge in [-0.2, -0.15) is 32.8 Å². The standard InChI is InChI=1S/C21H25F3N8O/c1-12-18(27-14-7-3-2-6-13(14)26-12)15-10-17-28-20(31-8-4-5-9-31)29-19(32(17)30-15)25-11-16(33)21(22,23)24/h10,16,33H,2-9,11H2,1H3,(H,25,28,29). The van der Waals surface area contributed by atoms with Crippen LogP contribution in [0, 0.1) is 6.92 Å². The number of hydrogen-bond donors (Lipinski definition) is 2. The van der Waals surface area contributed by atoms with Crippen LogP contribution in [-0.2, 0) is 12.8 Å². The van der Waals surface area contributed by atoms with Gasteiger partial charge in [-0.15, -0.1) is 0 Å². The van der Waals surface area contributed by atoms with E-state index in [0.717, 1.165) is 68.7 Å². The number of fused-ring (bicyclic) bond motifs is 2. The number of rotatable bonds is 5. The Morgan fingerprint density at radius 1 is 1.03 bits per heavy atom. The van der Waals surface area contributed by atoms with Crippen molar-refractivity contribution in [1.82, 2.24) is 29.5 Å². The molecule has 1 saturated heterocycles. The predicted octanol–water partition coefficient (Wildman–Crippen LogP) is 2.70. The molecule has 0 spiro atoms. The summed E-state index contributed by atoms with van der Waals surface area (Å²) in [4.78, 5) is 20.5. The molecule has 1 fully saturated rings. The monoisotopic (exact) mass is 462 g/mol. The molecule has 0 radical (unpaired) electrons. The number of aryl methyl sites for hydroxylation is 3. The molecule has 33 heavy (non-hydrogen) atoms. The summed E-state index contributed by atoms with van der Waals surface area (Å²) in [6.45, 7) is 2.68. The molecule has 4 heterocycles. The van der Waals surface area contributed by atoms with E-state index in [1.54, 1.807) is 6.07 Å². The third kappa shape index (κ3) is 4.31. The molecule has 0 amide bonds. The SMILES string of the molecule is Cc1nc2c(nc1-c1cc3nc(N4CCCC4)nc(NCC(O)C(F)(F)F)n3n1)CCCC2. The summed E-state index contributed by atoms with van der Waals surface area (Å²) in [5, 5.41) is 16.6. The topological polar surface area (TPSA) is 104 Å². The van der Waals surface area contributed by atoms with Gasteiger partial charge in [0.05, 0.1) is 23.6 Å². The fraction of sp³-hybridized carbons (Fsp3) is 0.571. The number of anilines is 2. The summed E-state index contributed by atoms with van der Waals surface area (Å²) >= 11 is 0. The first-order valence-corrected chi connectivity index (χ1v) is 11.2. The molecule has 5 rings (SSSR count). The van der Waals surface area contributed by atoms with Gasteiger partial charge in [0.15, 0.2) is 11.8 Å². The van der Waals surface area contributed by atoms with E-state index in [1.807, 2.05) is 11.8 Å². The zero-order valence-corrected chi connectivity index (χ0v) is 18.2. The lowest BCUT2D eigenvalue weighted by molar-refractivity contribution is -0.198. The molecule has 0 aromatic carbocycles. The molecular weight excluding hydrogens is 437 g/mol. The highest BCUT2D eigenvalue weighted by Crippen LogP contribution is 2.27. The second-order valence-electron chi connectivity index (χ2n) is 8.54. The third-order valence-electron chi connectivity index (χ3n) is 6.08. The Balaban J connectivity index is 1.55. The maximum Gasteiger partial charge on any atom is 0.416 e. The molecule has 1 aliphatic carbocycles. The Labute approximate surface area is 188 Å². The van der Waals surface area contributed by atoms with Crippen LogP contribution in [0.2, 0.25) is 0 Å². The van der Waals surface area contributed by atoms with Crippen molar-refractivity contribution in [2.24, 2.45) is 0 Å². The largest absolute Gasteiger partial charge is 0.416 e. The molecule has 1 unspecified atom stereocenters. The van der Waals surface area contributed by atoms with Crippen molar-refractivity contribution in [1.29, 1.82) is 0 Å². The molecule has 2 aliphatic rings. The fourth-order valence-electron chi connectivity index (χ4n) is 4.30. The second-order valence-corrected chi connectivity index (χ2v) is 8.54. The van der Waals surface area contributed by atoms with Crippen LogP contribution >= 0.6 is 0 Å². The predicted molar refractivity (Wildman–Crippen MR) is 115 cm³/mol. The first kappa shape index (κ1) is 21.8. The number of alkyl halides is 3. The highest BCUT2D eigenvalue weighted by molar-refractivity contribution is 5.65. The van der Waals surface area contributed by atoms with Gasteiger partial charge in [0.25, 0.3) is 0 Å². The van der Waals surface area contributed by atoms with E-state index in [-0.39, 0.29) is 5.95 Å². The van der Waals surface area contributed by atoms with Crippen molar-refractivity contribution >= 4 is 17.5 Å². The van der Waals surface area contributed by atoms with Gasteiger partial charge in [0.1, 0.15) is 11.4 Å². The number of nitrogens with zero attached hydrogens (tertiary/aromatic N) is 7. The first-order valence-electron chi connectivity index (χ1n) is 11.2. The van der Waals surface area contributed by atoms with Crippen LogP contribution in [0.4, 0.5) is 25.1 Å². The van der Waals surface area contributed by atoms with Crippen LogP contribution in [0.3, 0.4) is 0 Å². The maximum absolute atomic E-state index is 12.8. The molecule has 2 N–H and O–H groups in total. The van der Waals surface area contributed by atoms with Crippen LogP contribution in [0.1, 0.15) is 42.8 Å². The van der Waals surface area contributed by atoms with E-state index in [2.05, 4.69) is 20.4 Å². The lowest BCUT2D eigenvalue weighted by atomic mass is 10.00. The van der Waals surface area contributed by atoms with Crippen LogP contribution in [0.25, 0.3) is 17.0 Å². The second kappa shape index (κ2) is 8.40. The molecule has 0 bridgehead atoms. The average Bonchev–Trinajstić information content (AvgIpc) is 3.46. The van der Waals surface area contributed by atoms with Crippen molar-refractivity contribution in [3.63, 3.8) is 0 Å². The minimum atomic E-state index is -4.73. The number of hydrogen-bond acceptors (Lipinski definition) is 8. The molecule has 3 aromatic rings. The zero-order valence-electron chi connectivity index (χ0n) is 18.2. The van der Waals surface area contributed by atoms with Crippen molar-refractivity contribution in [2.45, 2.75) is 57.7 Å². The van der Waals surface area contributed by atoms with Gasteiger partial charge >= 0.3 is 6.18 Å². The lowest BCUT2D eigenvalue weighted by Gasteiger charge is -2.18. The summed E-state index contributed by atoms with van der Waals surface area (Å²) in [6, 6.07) is 1.75. The van der Waals surface area contributed by atoms with Gasteiger partial charge in [0, 0.05) is 19.2 Å². The summed E-state index contributed by atoms with van der Waals surface area (Å²) in [5.41, 5.74) is 4.32. The molecule has 12 heteroatoms. The van der Waals surface area contributed by atoms with E-state index >= 15 is 0 Å². The third-order valence-corrected chi connectivity index (χ3v) is 6.08. The Kier molecular flexibility index (Phi) is 5.55. The van der Waals surface area contributed by atoms with Gasteiger partial charge in [-0.05, 0) is 45.4 Å². The molecular formula is C21H25F3N8O. The number of aliphatic hydroxyl groups excluding tert-OH is 1. The van der Waals surface area contributed by atoms with Gasteiger partial charge in [0.2, 0.25) is 11.9 Å². The molecule has 1 atom stereocenters. The number of nitrogens with one attached hydrogen (secondary N) is 1. The minimum absolute atomic E-state index is 0.0834. The fourth-order valence-corrected chi connectivity index (χ4v) is 4.30. The molecule has 3 aromatic heterocycles. The Hall–Kier alpha value is -3.02. The van der Waals surface area contributed by atoms with E-state index in [9.17, 15) is 18.3 Å². The van der Waals surface area contributed by atoms with E-state index in [0.29, 0.717) is 23.0 Å². The van der Waals surface area contributed by atoms with Crippen molar-refractivity contribution < 1.29 is 18.3 Å². The first-order chi connectivity index (χ1) is 15.8. The number of aliphatic hydroxyl groups is 1. The van der Waals surface area contributed by atoms with Crippen molar-refractivity contribution in [3.05, 3.63) is 23.1 Å². The van der Waals surface area contributed by atoms with Gasteiger partial charge in [-0.25, -0.2) is 4.98 Å². The molecule has 1 aliphatic heterocycles. The number of halogens is 3. The lowest BCUT2D eigenvalue weighted by Crippen LogP contribution is -2.35. The quantitative estimate of drug-likeness (QED) is 0.597. The van der Waals surface area contributed by atoms with Crippen LogP contribution in [0.15, 0.2) is 6.07 Å². The summed E-state index contributed by atoms with van der Waals surface area (Å²) < 4.78 is 39.8. The summed E-state index contributed by atoms with van der Waals surface area (Å²) in [5.74, 6) is 0.503. The maximum atomic E-state index is 12.8.